The van der Waals surface area contributed by atoms with E-state index in [9.17, 15) is 18.0 Å². The number of urea groups is 1. The molecule has 1 rings (SSSR count). The van der Waals surface area contributed by atoms with Gasteiger partial charge in [-0.3, -0.25) is 0 Å². The van der Waals surface area contributed by atoms with Gasteiger partial charge in [-0.25, -0.2) is 9.78 Å². The summed E-state index contributed by atoms with van der Waals surface area (Å²) in [4.78, 5) is 15.0. The van der Waals surface area contributed by atoms with Crippen LogP contribution in [-0.2, 0) is 0 Å². The van der Waals surface area contributed by atoms with Crippen molar-refractivity contribution < 1.29 is 27.8 Å². The number of aliphatic hydroxyl groups excluding tert-OH is 1. The number of anilines is 1. The average molecular weight is 293 g/mol. The smallest absolute Gasteiger partial charge is 0.422 e. The zero-order valence-electron chi connectivity index (χ0n) is 10.6. The molecule has 0 aromatic carbocycles. The maximum atomic E-state index is 11.9. The van der Waals surface area contributed by atoms with Crippen LogP contribution in [0, 0.1) is 0 Å². The van der Waals surface area contributed by atoms with Crippen molar-refractivity contribution >= 4 is 11.7 Å². The van der Waals surface area contributed by atoms with Crippen molar-refractivity contribution in [3.05, 3.63) is 18.3 Å². The lowest BCUT2D eigenvalue weighted by atomic mass is 10.4. The van der Waals surface area contributed by atoms with Crippen molar-refractivity contribution in [1.82, 2.24) is 10.3 Å². The van der Waals surface area contributed by atoms with Gasteiger partial charge in [0.2, 0.25) is 5.88 Å². The van der Waals surface area contributed by atoms with Crippen molar-refractivity contribution in [2.45, 2.75) is 19.1 Å². The number of nitrogens with one attached hydrogen (secondary N) is 2. The fourth-order valence-corrected chi connectivity index (χ4v) is 1.13. The Hall–Kier alpha value is -2.03. The third kappa shape index (κ3) is 6.23. The van der Waals surface area contributed by atoms with Gasteiger partial charge in [-0.1, -0.05) is 0 Å². The molecule has 0 radical (unpaired) electrons. The number of pyridine rings is 1. The van der Waals surface area contributed by atoms with E-state index in [-0.39, 0.29) is 18.2 Å². The second-order valence-corrected chi connectivity index (χ2v) is 3.97. The minimum atomic E-state index is -4.43. The summed E-state index contributed by atoms with van der Waals surface area (Å²) < 4.78 is 40.1. The van der Waals surface area contributed by atoms with Crippen LogP contribution in [0.1, 0.15) is 6.92 Å². The third-order valence-corrected chi connectivity index (χ3v) is 2.03. The highest BCUT2D eigenvalue weighted by atomic mass is 19.4. The molecule has 0 unspecified atom stereocenters. The first kappa shape index (κ1) is 16.0. The number of carbonyl (C=O) groups excluding carboxylic acids is 1. The number of rotatable bonds is 5. The molecule has 0 bridgehead atoms. The van der Waals surface area contributed by atoms with E-state index in [0.717, 1.165) is 6.20 Å². The van der Waals surface area contributed by atoms with Crippen LogP contribution in [0.2, 0.25) is 0 Å². The van der Waals surface area contributed by atoms with E-state index in [4.69, 9.17) is 5.11 Å². The summed E-state index contributed by atoms with van der Waals surface area (Å²) in [6, 6.07) is 1.58. The Morgan fingerprint density at radius 1 is 1.50 bits per heavy atom. The van der Waals surface area contributed by atoms with Gasteiger partial charge in [0, 0.05) is 6.07 Å². The summed E-state index contributed by atoms with van der Waals surface area (Å²) in [5.41, 5.74) is 0.284. The Kier molecular flexibility index (Phi) is 5.56. The van der Waals surface area contributed by atoms with Crippen molar-refractivity contribution in [2.24, 2.45) is 0 Å². The number of carbonyl (C=O) groups is 1. The van der Waals surface area contributed by atoms with E-state index >= 15 is 0 Å². The van der Waals surface area contributed by atoms with Crippen LogP contribution in [-0.4, -0.2) is 41.6 Å². The summed E-state index contributed by atoms with van der Waals surface area (Å²) >= 11 is 0. The topological polar surface area (TPSA) is 83.5 Å². The van der Waals surface area contributed by atoms with E-state index < -0.39 is 24.9 Å². The van der Waals surface area contributed by atoms with Crippen LogP contribution in [0.15, 0.2) is 18.3 Å². The number of halogens is 3. The number of aliphatic hydroxyl groups is 1. The highest BCUT2D eigenvalue weighted by Gasteiger charge is 2.28. The number of nitrogens with zero attached hydrogens (tertiary/aromatic N) is 1. The van der Waals surface area contributed by atoms with Crippen LogP contribution >= 0.6 is 0 Å². The highest BCUT2D eigenvalue weighted by molar-refractivity contribution is 5.89. The van der Waals surface area contributed by atoms with Gasteiger partial charge in [-0.15, -0.1) is 0 Å². The van der Waals surface area contributed by atoms with Crippen molar-refractivity contribution in [3.63, 3.8) is 0 Å². The maximum Gasteiger partial charge on any atom is 0.422 e. The van der Waals surface area contributed by atoms with Gasteiger partial charge >= 0.3 is 12.2 Å². The molecule has 0 saturated carbocycles. The number of alkyl halides is 3. The Bertz CT molecular complexity index is 437. The predicted octanol–water partition coefficient (Wildman–Crippen LogP) is 1.53. The minimum absolute atomic E-state index is 0.197. The lowest BCUT2D eigenvalue weighted by Gasteiger charge is -2.12. The van der Waals surface area contributed by atoms with E-state index in [1.807, 2.05) is 0 Å². The van der Waals surface area contributed by atoms with Gasteiger partial charge in [0.1, 0.15) is 0 Å². The molecule has 1 aromatic heterocycles. The Balaban J connectivity index is 2.48. The molecule has 0 aliphatic heterocycles. The molecule has 9 heteroatoms. The standard InChI is InChI=1S/C11H14F3N3O3/c1-7(5-18)16-10(19)17-8-2-3-9(15-4-8)20-6-11(12,13)14/h2-4,7,18H,5-6H2,1H3,(H2,16,17,19)/t7-/m1/s1. The molecule has 6 nitrogen and oxygen atoms in total. The molecule has 0 spiro atoms. The minimum Gasteiger partial charge on any atom is -0.468 e. The number of hydrogen-bond donors (Lipinski definition) is 3. The van der Waals surface area contributed by atoms with E-state index in [2.05, 4.69) is 20.4 Å². The number of ether oxygens (including phenoxy) is 1. The van der Waals surface area contributed by atoms with Gasteiger partial charge in [-0.2, -0.15) is 13.2 Å². The molecule has 1 aromatic rings. The summed E-state index contributed by atoms with van der Waals surface area (Å²) in [5, 5.41) is 13.6. The molecule has 20 heavy (non-hydrogen) atoms. The lowest BCUT2D eigenvalue weighted by molar-refractivity contribution is -0.154. The first-order valence-corrected chi connectivity index (χ1v) is 5.64. The maximum absolute atomic E-state index is 11.9. The molecular weight excluding hydrogens is 279 g/mol. The third-order valence-electron chi connectivity index (χ3n) is 2.03. The lowest BCUT2D eigenvalue weighted by Crippen LogP contribution is -2.38. The largest absolute Gasteiger partial charge is 0.468 e. The number of hydrogen-bond acceptors (Lipinski definition) is 4. The van der Waals surface area contributed by atoms with Crippen LogP contribution in [0.4, 0.5) is 23.7 Å². The fraction of sp³-hybridized carbons (Fsp3) is 0.455. The van der Waals surface area contributed by atoms with Gasteiger partial charge in [0.25, 0.3) is 0 Å². The molecule has 1 atom stereocenters. The molecule has 1 heterocycles. The predicted molar refractivity (Wildman–Crippen MR) is 64.5 cm³/mol. The fourth-order valence-electron chi connectivity index (χ4n) is 1.13. The number of aromatic nitrogens is 1. The normalized spacial score (nSPS) is 12.7. The second kappa shape index (κ2) is 6.94. The summed E-state index contributed by atoms with van der Waals surface area (Å²) in [6.45, 7) is -0.0386. The monoisotopic (exact) mass is 293 g/mol. The number of amides is 2. The Morgan fingerprint density at radius 3 is 2.70 bits per heavy atom. The Labute approximate surface area is 113 Å². The summed E-state index contributed by atoms with van der Waals surface area (Å²) in [6.07, 6.45) is -3.27. The SMILES string of the molecule is C[C@H](CO)NC(=O)Nc1ccc(OCC(F)(F)F)nc1. The van der Waals surface area contributed by atoms with Crippen LogP contribution in [0.25, 0.3) is 0 Å². The second-order valence-electron chi connectivity index (χ2n) is 3.97. The van der Waals surface area contributed by atoms with Crippen LogP contribution in [0.3, 0.4) is 0 Å². The summed E-state index contributed by atoms with van der Waals surface area (Å²) in [7, 11) is 0. The van der Waals surface area contributed by atoms with E-state index in [1.54, 1.807) is 6.92 Å². The van der Waals surface area contributed by atoms with Gasteiger partial charge in [-0.05, 0) is 13.0 Å². The molecule has 0 aliphatic carbocycles. The Morgan fingerprint density at radius 2 is 2.20 bits per heavy atom. The molecular formula is C11H14F3N3O3. The molecule has 112 valence electrons. The quantitative estimate of drug-likeness (QED) is 0.768. The molecule has 3 N–H and O–H groups in total. The van der Waals surface area contributed by atoms with E-state index in [1.165, 1.54) is 12.1 Å². The molecule has 0 fully saturated rings. The van der Waals surface area contributed by atoms with Crippen LogP contribution in [0.5, 0.6) is 5.88 Å². The van der Waals surface area contributed by atoms with Gasteiger partial charge in [0.15, 0.2) is 6.61 Å². The zero-order chi connectivity index (χ0) is 15.2. The first-order valence-electron chi connectivity index (χ1n) is 5.64. The first-order chi connectivity index (χ1) is 9.30. The molecule has 2 amide bonds. The molecule has 0 saturated heterocycles. The zero-order valence-corrected chi connectivity index (χ0v) is 10.6. The van der Waals surface area contributed by atoms with Gasteiger partial charge in [0.05, 0.1) is 24.5 Å². The van der Waals surface area contributed by atoms with Crippen molar-refractivity contribution in [1.29, 1.82) is 0 Å². The van der Waals surface area contributed by atoms with Gasteiger partial charge < -0.3 is 20.5 Å². The van der Waals surface area contributed by atoms with Crippen molar-refractivity contribution in [2.75, 3.05) is 18.5 Å². The van der Waals surface area contributed by atoms with Crippen molar-refractivity contribution in [3.8, 4) is 5.88 Å². The molecule has 0 aliphatic rings. The summed E-state index contributed by atoms with van der Waals surface area (Å²) in [5.74, 6) is -0.197. The van der Waals surface area contributed by atoms with Crippen LogP contribution < -0.4 is 15.4 Å². The van der Waals surface area contributed by atoms with E-state index in [0.29, 0.717) is 0 Å². The average Bonchev–Trinajstić information content (AvgIpc) is 2.36. The highest BCUT2D eigenvalue weighted by Crippen LogP contribution is 2.17.